The van der Waals surface area contributed by atoms with Crippen LogP contribution in [0, 0.1) is 0 Å². The van der Waals surface area contributed by atoms with E-state index in [2.05, 4.69) is 24.0 Å². The van der Waals surface area contributed by atoms with Crippen molar-refractivity contribution in [2.24, 2.45) is 7.05 Å². The van der Waals surface area contributed by atoms with Crippen molar-refractivity contribution in [1.82, 2.24) is 14.4 Å². The van der Waals surface area contributed by atoms with E-state index in [4.69, 9.17) is 0 Å². The maximum atomic E-state index is 12.7. The van der Waals surface area contributed by atoms with Crippen LogP contribution in [-0.4, -0.2) is 53.0 Å². The molecule has 0 radical (unpaired) electrons. The number of rotatable bonds is 3. The van der Waals surface area contributed by atoms with Crippen LogP contribution in [0.15, 0.2) is 42.6 Å². The molecule has 1 aliphatic heterocycles. The molecule has 0 N–H and O–H groups in total. The van der Waals surface area contributed by atoms with Gasteiger partial charge in [-0.05, 0) is 18.2 Å². The van der Waals surface area contributed by atoms with Gasteiger partial charge in [0.25, 0.3) is 5.91 Å². The topological polar surface area (TPSA) is 28.5 Å². The number of amides is 1. The zero-order valence-electron chi connectivity index (χ0n) is 13.3. The molecule has 1 saturated heterocycles. The van der Waals surface area contributed by atoms with Crippen molar-refractivity contribution in [3.8, 4) is 11.1 Å². The quantitative estimate of drug-likeness (QED) is 0.871. The summed E-state index contributed by atoms with van der Waals surface area (Å²) in [5, 5.41) is 0. The molecule has 0 atom stereocenters. The summed E-state index contributed by atoms with van der Waals surface area (Å²) in [7, 11) is 1.95. The predicted molar refractivity (Wildman–Crippen MR) is 88.9 cm³/mol. The van der Waals surface area contributed by atoms with Crippen molar-refractivity contribution in [3.63, 3.8) is 0 Å². The number of aromatic nitrogens is 1. The first kappa shape index (κ1) is 14.9. The molecule has 0 unspecified atom stereocenters. The van der Waals surface area contributed by atoms with E-state index >= 15 is 0 Å². The van der Waals surface area contributed by atoms with Gasteiger partial charge in [0.05, 0.1) is 0 Å². The van der Waals surface area contributed by atoms with Gasteiger partial charge in [-0.15, -0.1) is 0 Å². The highest BCUT2D eigenvalue weighted by Crippen LogP contribution is 2.22. The van der Waals surface area contributed by atoms with E-state index in [1.807, 2.05) is 47.0 Å². The van der Waals surface area contributed by atoms with Crippen LogP contribution in [-0.2, 0) is 7.05 Å². The van der Waals surface area contributed by atoms with Gasteiger partial charge in [0, 0.05) is 45.0 Å². The zero-order chi connectivity index (χ0) is 15.5. The highest BCUT2D eigenvalue weighted by molar-refractivity contribution is 5.94. The Morgan fingerprint density at radius 2 is 1.73 bits per heavy atom. The van der Waals surface area contributed by atoms with Gasteiger partial charge in [0.1, 0.15) is 5.69 Å². The Morgan fingerprint density at radius 1 is 1.05 bits per heavy atom. The number of hydrogen-bond donors (Lipinski definition) is 0. The minimum Gasteiger partial charge on any atom is -0.346 e. The molecule has 1 amide bonds. The molecule has 2 heterocycles. The van der Waals surface area contributed by atoms with Gasteiger partial charge in [0.15, 0.2) is 0 Å². The second-order valence-corrected chi connectivity index (χ2v) is 5.82. The summed E-state index contributed by atoms with van der Waals surface area (Å²) in [6.45, 7) is 6.80. The van der Waals surface area contributed by atoms with Gasteiger partial charge in [-0.3, -0.25) is 4.79 Å². The van der Waals surface area contributed by atoms with Crippen LogP contribution in [0.1, 0.15) is 17.4 Å². The highest BCUT2D eigenvalue weighted by Gasteiger charge is 2.23. The van der Waals surface area contributed by atoms with Crippen LogP contribution in [0.4, 0.5) is 0 Å². The summed E-state index contributed by atoms with van der Waals surface area (Å²) in [4.78, 5) is 17.1. The molecule has 22 heavy (non-hydrogen) atoms. The first-order valence-corrected chi connectivity index (χ1v) is 7.92. The average molecular weight is 297 g/mol. The van der Waals surface area contributed by atoms with E-state index in [9.17, 15) is 4.79 Å². The number of carbonyl (C=O) groups is 1. The van der Waals surface area contributed by atoms with E-state index in [0.29, 0.717) is 0 Å². The average Bonchev–Trinajstić information content (AvgIpc) is 2.97. The summed E-state index contributed by atoms with van der Waals surface area (Å²) in [6, 6.07) is 12.2. The molecule has 0 spiro atoms. The van der Waals surface area contributed by atoms with Crippen molar-refractivity contribution >= 4 is 5.91 Å². The lowest BCUT2D eigenvalue weighted by atomic mass is 10.1. The van der Waals surface area contributed by atoms with Gasteiger partial charge in [-0.1, -0.05) is 37.3 Å². The fraction of sp³-hybridized carbons (Fsp3) is 0.389. The third-order valence-corrected chi connectivity index (χ3v) is 4.44. The number of nitrogens with zero attached hydrogens (tertiary/aromatic N) is 3. The molecule has 4 nitrogen and oxygen atoms in total. The molecule has 116 valence electrons. The van der Waals surface area contributed by atoms with Crippen LogP contribution >= 0.6 is 0 Å². The van der Waals surface area contributed by atoms with Crippen molar-refractivity contribution in [1.29, 1.82) is 0 Å². The normalized spacial score (nSPS) is 16.0. The molecule has 1 aromatic heterocycles. The molecule has 1 aromatic carbocycles. The third-order valence-electron chi connectivity index (χ3n) is 4.44. The van der Waals surface area contributed by atoms with Gasteiger partial charge >= 0.3 is 0 Å². The number of benzene rings is 1. The molecule has 1 aliphatic rings. The number of aryl methyl sites for hydroxylation is 1. The molecule has 0 bridgehead atoms. The predicted octanol–water partition coefficient (Wildman–Crippen LogP) is 2.47. The number of piperazine rings is 1. The largest absolute Gasteiger partial charge is 0.346 e. The Labute approximate surface area is 132 Å². The Hall–Kier alpha value is -2.07. The van der Waals surface area contributed by atoms with E-state index in [0.717, 1.165) is 49.5 Å². The fourth-order valence-electron chi connectivity index (χ4n) is 2.99. The summed E-state index contributed by atoms with van der Waals surface area (Å²) in [5.74, 6) is 0.139. The van der Waals surface area contributed by atoms with Gasteiger partial charge < -0.3 is 14.4 Å². The van der Waals surface area contributed by atoms with E-state index in [1.165, 1.54) is 0 Å². The lowest BCUT2D eigenvalue weighted by Gasteiger charge is -2.34. The Balaban J connectivity index is 1.78. The lowest BCUT2D eigenvalue weighted by Crippen LogP contribution is -2.48. The zero-order valence-corrected chi connectivity index (χ0v) is 13.3. The molecule has 0 saturated carbocycles. The van der Waals surface area contributed by atoms with Crippen molar-refractivity contribution in [3.05, 3.63) is 48.3 Å². The Kier molecular flexibility index (Phi) is 4.29. The van der Waals surface area contributed by atoms with Crippen LogP contribution in [0.2, 0.25) is 0 Å². The van der Waals surface area contributed by atoms with E-state index in [-0.39, 0.29) is 5.91 Å². The van der Waals surface area contributed by atoms with Crippen LogP contribution in [0.25, 0.3) is 11.1 Å². The second-order valence-electron chi connectivity index (χ2n) is 5.82. The second kappa shape index (κ2) is 6.36. The van der Waals surface area contributed by atoms with Crippen LogP contribution in [0.3, 0.4) is 0 Å². The number of likely N-dealkylation sites (N-methyl/N-ethyl adjacent to an activating group) is 1. The third kappa shape index (κ3) is 2.92. The Morgan fingerprint density at radius 3 is 2.36 bits per heavy atom. The maximum Gasteiger partial charge on any atom is 0.270 e. The SMILES string of the molecule is CCN1CCN(C(=O)c2cc(-c3ccccc3)cn2C)CC1. The number of carbonyl (C=O) groups excluding carboxylic acids is 1. The van der Waals surface area contributed by atoms with Gasteiger partial charge in [0.2, 0.25) is 0 Å². The maximum absolute atomic E-state index is 12.7. The number of hydrogen-bond acceptors (Lipinski definition) is 2. The summed E-state index contributed by atoms with van der Waals surface area (Å²) >= 11 is 0. The molecule has 1 fully saturated rings. The standard InChI is InChI=1S/C18H23N3O/c1-3-20-9-11-21(12-10-20)18(22)17-13-16(14-19(17)2)15-7-5-4-6-8-15/h4-8,13-14H,3,9-12H2,1-2H3. The van der Waals surface area contributed by atoms with Crippen molar-refractivity contribution < 1.29 is 4.79 Å². The van der Waals surface area contributed by atoms with Crippen LogP contribution < -0.4 is 0 Å². The minimum atomic E-state index is 0.139. The first-order chi connectivity index (χ1) is 10.7. The minimum absolute atomic E-state index is 0.139. The van der Waals surface area contributed by atoms with Crippen molar-refractivity contribution in [2.75, 3.05) is 32.7 Å². The molecular formula is C18H23N3O. The fourth-order valence-corrected chi connectivity index (χ4v) is 2.99. The van der Waals surface area contributed by atoms with Crippen LogP contribution in [0.5, 0.6) is 0 Å². The van der Waals surface area contributed by atoms with Gasteiger partial charge in [-0.25, -0.2) is 0 Å². The summed E-state index contributed by atoms with van der Waals surface area (Å²) < 4.78 is 1.94. The monoisotopic (exact) mass is 297 g/mol. The van der Waals surface area contributed by atoms with E-state index < -0.39 is 0 Å². The van der Waals surface area contributed by atoms with E-state index in [1.54, 1.807) is 0 Å². The van der Waals surface area contributed by atoms with Crippen molar-refractivity contribution in [2.45, 2.75) is 6.92 Å². The lowest BCUT2D eigenvalue weighted by molar-refractivity contribution is 0.0634. The summed E-state index contributed by atoms with van der Waals surface area (Å²) in [6.07, 6.45) is 2.03. The Bertz CT molecular complexity index is 640. The molecule has 3 rings (SSSR count). The molecular weight excluding hydrogens is 274 g/mol. The molecule has 4 heteroatoms. The molecule has 2 aromatic rings. The summed E-state index contributed by atoms with van der Waals surface area (Å²) in [5.41, 5.74) is 3.01. The highest BCUT2D eigenvalue weighted by atomic mass is 16.2. The first-order valence-electron chi connectivity index (χ1n) is 7.92. The molecule has 0 aliphatic carbocycles. The smallest absolute Gasteiger partial charge is 0.270 e. The van der Waals surface area contributed by atoms with Gasteiger partial charge in [-0.2, -0.15) is 0 Å².